The van der Waals surface area contributed by atoms with E-state index in [-0.39, 0.29) is 48.7 Å². The first-order valence-electron chi connectivity index (χ1n) is 17.7. The molecule has 0 radical (unpaired) electrons. The minimum Gasteiger partial charge on any atom is -0.463 e. The van der Waals surface area contributed by atoms with Gasteiger partial charge in [0.25, 0.3) is 5.91 Å². The molecule has 2 aromatic rings. The molecule has 51 heavy (non-hydrogen) atoms. The number of fused-ring (bicyclic) bond motifs is 1. The van der Waals surface area contributed by atoms with Crippen molar-refractivity contribution in [1.82, 2.24) is 10.2 Å². The second-order valence-corrected chi connectivity index (χ2v) is 15.6. The highest BCUT2D eigenvalue weighted by molar-refractivity contribution is 9.09. The van der Waals surface area contributed by atoms with Crippen LogP contribution in [-0.2, 0) is 28.7 Å². The number of aryl methyl sites for hydroxylation is 2. The number of amides is 3. The number of esters is 1. The van der Waals surface area contributed by atoms with Crippen LogP contribution in [0.2, 0.25) is 0 Å². The monoisotopic (exact) mass is 763 g/mol. The van der Waals surface area contributed by atoms with E-state index >= 15 is 4.79 Å². The molecule has 8 atom stereocenters. The second kappa shape index (κ2) is 16.3. The van der Waals surface area contributed by atoms with Crippen LogP contribution in [0.3, 0.4) is 0 Å². The van der Waals surface area contributed by atoms with Crippen LogP contribution < -0.4 is 10.2 Å². The first kappa shape index (κ1) is 38.4. The van der Waals surface area contributed by atoms with Crippen molar-refractivity contribution in [2.45, 2.75) is 88.0 Å². The van der Waals surface area contributed by atoms with Crippen LogP contribution in [0.4, 0.5) is 5.69 Å². The Morgan fingerprint density at radius 2 is 1.88 bits per heavy atom. The van der Waals surface area contributed by atoms with E-state index in [9.17, 15) is 19.5 Å². The number of benzene rings is 2. The number of anilines is 1. The van der Waals surface area contributed by atoms with E-state index in [0.717, 1.165) is 16.7 Å². The van der Waals surface area contributed by atoms with Crippen LogP contribution in [0.15, 0.2) is 73.8 Å². The average Bonchev–Trinajstić information content (AvgIpc) is 3.71. The standard InChI is InChI=1S/C40H50BrN3O7/c1-7-9-15-32(46)50-23-30(27-13-11-10-12-14-27)42-37(47)33-34-38(48)44(28(22-45)19-24(3)4)36(40(34)21-29(41)35(33)51-40)39(49)43(18-8-2)31-20-25(5)16-17-26(31)6/h7-8,10-14,16-17,20,24,28-30,33-36,45H,1-2,9,15,18-19,21-23H2,3-6H3,(H,42,47)/t28-,29?,30-,33-,34+,35-,36-,40+/m1/s1. The van der Waals surface area contributed by atoms with Gasteiger partial charge in [0.2, 0.25) is 11.8 Å². The second-order valence-electron chi connectivity index (χ2n) is 14.4. The number of halogens is 1. The molecular weight excluding hydrogens is 714 g/mol. The number of alkyl halides is 1. The lowest BCUT2D eigenvalue weighted by atomic mass is 9.70. The van der Waals surface area contributed by atoms with Crippen LogP contribution in [-0.4, -0.2) is 82.1 Å². The molecule has 0 aromatic heterocycles. The minimum absolute atomic E-state index is 0.105. The van der Waals surface area contributed by atoms with Gasteiger partial charge in [-0.2, -0.15) is 0 Å². The fraction of sp³-hybridized carbons (Fsp3) is 0.500. The number of allylic oxidation sites excluding steroid dienone is 1. The maximum Gasteiger partial charge on any atom is 0.306 e. The molecular formula is C40H50BrN3O7. The van der Waals surface area contributed by atoms with E-state index in [2.05, 4.69) is 34.4 Å². The summed E-state index contributed by atoms with van der Waals surface area (Å²) >= 11 is 3.76. The molecule has 5 rings (SSSR count). The SMILES string of the molecule is C=CCCC(=O)OC[C@@H](NC(=O)[C@H]1[C@@H]2O[C@@]3(CC2Br)[C@@H]1C(=O)N([C@@H](CO)CC(C)C)[C@@H]3C(=O)N(CC=C)c1cc(C)ccc1C)c1ccccc1. The van der Waals surface area contributed by atoms with Gasteiger partial charge in [0, 0.05) is 23.5 Å². The lowest BCUT2D eigenvalue weighted by molar-refractivity contribution is -0.146. The van der Waals surface area contributed by atoms with Crippen LogP contribution in [0, 0.1) is 31.6 Å². The largest absolute Gasteiger partial charge is 0.463 e. The fourth-order valence-corrected chi connectivity index (χ4v) is 9.04. The third kappa shape index (κ3) is 7.57. The minimum atomic E-state index is -1.34. The Hall–Kier alpha value is -3.80. The van der Waals surface area contributed by atoms with Gasteiger partial charge in [-0.05, 0) is 61.8 Å². The molecule has 3 aliphatic heterocycles. The van der Waals surface area contributed by atoms with Crippen molar-refractivity contribution >= 4 is 45.3 Å². The lowest BCUT2D eigenvalue weighted by Gasteiger charge is -2.40. The number of carbonyl (C=O) groups excluding carboxylic acids is 4. The molecule has 2 bridgehead atoms. The van der Waals surface area contributed by atoms with Gasteiger partial charge < -0.3 is 29.7 Å². The van der Waals surface area contributed by atoms with Gasteiger partial charge in [0.05, 0.1) is 36.6 Å². The van der Waals surface area contributed by atoms with Crippen molar-refractivity contribution in [2.24, 2.45) is 17.8 Å². The summed E-state index contributed by atoms with van der Waals surface area (Å²) in [5, 5.41) is 13.8. The zero-order valence-electron chi connectivity index (χ0n) is 29.9. The summed E-state index contributed by atoms with van der Waals surface area (Å²) in [6.45, 7) is 15.2. The van der Waals surface area contributed by atoms with Crippen molar-refractivity contribution in [3.05, 3.63) is 90.5 Å². The van der Waals surface area contributed by atoms with Crippen molar-refractivity contribution in [1.29, 1.82) is 0 Å². The third-order valence-electron chi connectivity index (χ3n) is 10.3. The summed E-state index contributed by atoms with van der Waals surface area (Å²) in [4.78, 5) is 59.8. The Balaban J connectivity index is 1.55. The van der Waals surface area contributed by atoms with Gasteiger partial charge in [-0.25, -0.2) is 0 Å². The van der Waals surface area contributed by atoms with Crippen molar-refractivity contribution in [3.63, 3.8) is 0 Å². The van der Waals surface area contributed by atoms with Crippen LogP contribution >= 0.6 is 15.9 Å². The number of hydrogen-bond donors (Lipinski definition) is 2. The van der Waals surface area contributed by atoms with Gasteiger partial charge in [-0.1, -0.05) is 84.4 Å². The first-order chi connectivity index (χ1) is 24.4. The third-order valence-corrected chi connectivity index (χ3v) is 11.2. The fourth-order valence-electron chi connectivity index (χ4n) is 8.10. The van der Waals surface area contributed by atoms with Gasteiger partial charge in [-0.15, -0.1) is 13.2 Å². The Morgan fingerprint density at radius 3 is 2.53 bits per heavy atom. The molecule has 10 nitrogen and oxygen atoms in total. The van der Waals surface area contributed by atoms with Crippen molar-refractivity contribution in [2.75, 3.05) is 24.7 Å². The molecule has 2 N–H and O–H groups in total. The number of nitrogens with one attached hydrogen (secondary N) is 1. The van der Waals surface area contributed by atoms with Gasteiger partial charge in [0.15, 0.2) is 0 Å². The number of likely N-dealkylation sites (tertiary alicyclic amines) is 1. The molecule has 11 heteroatoms. The highest BCUT2D eigenvalue weighted by atomic mass is 79.9. The zero-order chi connectivity index (χ0) is 37.0. The normalized spacial score (nSPS) is 26.1. The molecule has 3 heterocycles. The van der Waals surface area contributed by atoms with E-state index in [1.165, 1.54) is 4.90 Å². The van der Waals surface area contributed by atoms with E-state index in [1.807, 2.05) is 76.2 Å². The molecule has 3 saturated heterocycles. The number of ether oxygens (including phenoxy) is 2. The van der Waals surface area contributed by atoms with E-state index in [1.54, 1.807) is 17.1 Å². The molecule has 0 saturated carbocycles. The van der Waals surface area contributed by atoms with Crippen molar-refractivity contribution < 1.29 is 33.8 Å². The topological polar surface area (TPSA) is 125 Å². The van der Waals surface area contributed by atoms with Crippen LogP contribution in [0.5, 0.6) is 0 Å². The van der Waals surface area contributed by atoms with Gasteiger partial charge in [0.1, 0.15) is 18.2 Å². The van der Waals surface area contributed by atoms with Gasteiger partial charge in [-0.3, -0.25) is 19.2 Å². The summed E-state index contributed by atoms with van der Waals surface area (Å²) in [5.74, 6) is -3.42. The summed E-state index contributed by atoms with van der Waals surface area (Å²) in [6.07, 6.45) is 4.00. The quantitative estimate of drug-likeness (QED) is 0.134. The zero-order valence-corrected chi connectivity index (χ0v) is 31.5. The Morgan fingerprint density at radius 1 is 1.16 bits per heavy atom. The highest BCUT2D eigenvalue weighted by Gasteiger charge is 2.77. The van der Waals surface area contributed by atoms with Crippen LogP contribution in [0.25, 0.3) is 0 Å². The maximum absolute atomic E-state index is 15.1. The van der Waals surface area contributed by atoms with E-state index in [4.69, 9.17) is 9.47 Å². The van der Waals surface area contributed by atoms with Crippen molar-refractivity contribution in [3.8, 4) is 0 Å². The maximum atomic E-state index is 15.1. The number of nitrogens with zero attached hydrogens (tertiary/aromatic N) is 2. The summed E-state index contributed by atoms with van der Waals surface area (Å²) in [5.41, 5.74) is 1.94. The highest BCUT2D eigenvalue weighted by Crippen LogP contribution is 2.61. The molecule has 0 aliphatic carbocycles. The number of carbonyl (C=O) groups is 4. The molecule has 3 aliphatic rings. The predicted octanol–water partition coefficient (Wildman–Crippen LogP) is 5.34. The van der Waals surface area contributed by atoms with E-state index in [0.29, 0.717) is 24.9 Å². The van der Waals surface area contributed by atoms with Gasteiger partial charge >= 0.3 is 5.97 Å². The molecule has 3 fully saturated rings. The number of rotatable bonds is 16. The summed E-state index contributed by atoms with van der Waals surface area (Å²) in [7, 11) is 0. The number of hydrogen-bond acceptors (Lipinski definition) is 7. The van der Waals surface area contributed by atoms with Crippen LogP contribution in [0.1, 0.15) is 62.3 Å². The molecule has 2 aromatic carbocycles. The molecule has 274 valence electrons. The molecule has 1 spiro atoms. The first-order valence-corrected chi connectivity index (χ1v) is 18.7. The Kier molecular flexibility index (Phi) is 12.2. The van der Waals surface area contributed by atoms with E-state index < -0.39 is 53.5 Å². The Labute approximate surface area is 309 Å². The smallest absolute Gasteiger partial charge is 0.306 e. The lowest BCUT2D eigenvalue weighted by Crippen LogP contribution is -2.59. The average molecular weight is 765 g/mol. The molecule has 1 unspecified atom stereocenters. The summed E-state index contributed by atoms with van der Waals surface area (Å²) in [6, 6.07) is 12.6. The number of aliphatic hydroxyl groups excluding tert-OH is 1. The predicted molar refractivity (Wildman–Crippen MR) is 199 cm³/mol. The Bertz CT molecular complexity index is 1630. The molecule has 3 amide bonds. The number of aliphatic hydroxyl groups is 1. The summed E-state index contributed by atoms with van der Waals surface area (Å²) < 4.78 is 12.4.